The number of carbonyl (C=O) groups excluding carboxylic acids is 1. The molecule has 1 aromatic heterocycles. The normalized spacial score (nSPS) is 10.7. The van der Waals surface area contributed by atoms with Crippen molar-refractivity contribution in [2.45, 2.75) is 32.5 Å². The zero-order chi connectivity index (χ0) is 18.5. The molecule has 0 atom stereocenters. The van der Waals surface area contributed by atoms with E-state index in [2.05, 4.69) is 35.4 Å². The molecule has 5 nitrogen and oxygen atoms in total. The van der Waals surface area contributed by atoms with E-state index in [1.54, 1.807) is 0 Å². The van der Waals surface area contributed by atoms with Crippen molar-refractivity contribution < 1.29 is 4.79 Å². The van der Waals surface area contributed by atoms with Gasteiger partial charge in [-0.15, -0.1) is 10.2 Å². The largest absolute Gasteiger partial charge is 0.325 e. The minimum atomic E-state index is -0.0521. The molecule has 0 fully saturated rings. The van der Waals surface area contributed by atoms with Crippen LogP contribution >= 0.6 is 11.8 Å². The Morgan fingerprint density at radius 2 is 1.92 bits per heavy atom. The highest BCUT2D eigenvalue weighted by Crippen LogP contribution is 2.26. The minimum absolute atomic E-state index is 0.0521. The lowest BCUT2D eigenvalue weighted by Crippen LogP contribution is -2.14. The number of nitrogens with zero attached hydrogens (tertiary/aromatic N) is 3. The maximum atomic E-state index is 12.2. The molecule has 6 heteroatoms. The molecule has 0 bridgehead atoms. The van der Waals surface area contributed by atoms with Gasteiger partial charge in [0.15, 0.2) is 11.0 Å². The van der Waals surface area contributed by atoms with Crippen LogP contribution in [0.25, 0.3) is 11.4 Å². The number of rotatable bonds is 6. The molecular weight excluding hydrogens is 344 g/mol. The summed E-state index contributed by atoms with van der Waals surface area (Å²) in [6.07, 6.45) is 0. The van der Waals surface area contributed by atoms with Gasteiger partial charge in [-0.25, -0.2) is 0 Å². The Hall–Kier alpha value is -2.60. The van der Waals surface area contributed by atoms with Crippen molar-refractivity contribution in [2.75, 3.05) is 11.1 Å². The molecule has 1 N–H and O–H groups in total. The number of anilines is 1. The van der Waals surface area contributed by atoms with Crippen LogP contribution in [-0.4, -0.2) is 26.4 Å². The Labute approximate surface area is 157 Å². The second-order valence-electron chi connectivity index (χ2n) is 6.07. The zero-order valence-corrected chi connectivity index (χ0v) is 16.0. The number of hydrogen-bond acceptors (Lipinski definition) is 4. The summed E-state index contributed by atoms with van der Waals surface area (Å²) in [5.74, 6) is 1.08. The van der Waals surface area contributed by atoms with Crippen LogP contribution in [0.3, 0.4) is 0 Å². The third-order valence-electron chi connectivity index (χ3n) is 4.05. The summed E-state index contributed by atoms with van der Waals surface area (Å²) < 4.78 is 2.05. The monoisotopic (exact) mass is 366 g/mol. The predicted octanol–water partition coefficient (Wildman–Crippen LogP) is 4.31. The van der Waals surface area contributed by atoms with Crippen molar-refractivity contribution in [3.05, 3.63) is 59.7 Å². The first-order valence-corrected chi connectivity index (χ1v) is 9.55. The van der Waals surface area contributed by atoms with Gasteiger partial charge in [0.25, 0.3) is 0 Å². The van der Waals surface area contributed by atoms with Gasteiger partial charge in [0.05, 0.1) is 5.75 Å². The Morgan fingerprint density at radius 3 is 2.65 bits per heavy atom. The number of hydrogen-bond donors (Lipinski definition) is 1. The topological polar surface area (TPSA) is 59.8 Å². The van der Waals surface area contributed by atoms with Crippen LogP contribution in [0.1, 0.15) is 18.1 Å². The summed E-state index contributed by atoms with van der Waals surface area (Å²) in [6, 6.07) is 15.9. The molecule has 26 heavy (non-hydrogen) atoms. The Morgan fingerprint density at radius 1 is 1.12 bits per heavy atom. The highest BCUT2D eigenvalue weighted by atomic mass is 32.2. The molecular formula is C20H22N4OS. The van der Waals surface area contributed by atoms with Crippen LogP contribution < -0.4 is 5.32 Å². The van der Waals surface area contributed by atoms with Crippen LogP contribution in [0.2, 0.25) is 0 Å². The number of carbonyl (C=O) groups is 1. The summed E-state index contributed by atoms with van der Waals surface area (Å²) in [5, 5.41) is 12.3. The first kappa shape index (κ1) is 18.2. The fourth-order valence-electron chi connectivity index (χ4n) is 2.75. The fourth-order valence-corrected chi connectivity index (χ4v) is 3.56. The second-order valence-corrected chi connectivity index (χ2v) is 7.01. The first-order chi connectivity index (χ1) is 12.6. The minimum Gasteiger partial charge on any atom is -0.325 e. The molecule has 0 aliphatic carbocycles. The Kier molecular flexibility index (Phi) is 5.73. The highest BCUT2D eigenvalue weighted by Gasteiger charge is 2.15. The third kappa shape index (κ3) is 4.14. The summed E-state index contributed by atoms with van der Waals surface area (Å²) in [7, 11) is 0. The third-order valence-corrected chi connectivity index (χ3v) is 5.02. The van der Waals surface area contributed by atoms with Crippen LogP contribution in [0.15, 0.2) is 53.7 Å². The number of nitrogens with one attached hydrogen (secondary N) is 1. The number of amides is 1. The van der Waals surface area contributed by atoms with Gasteiger partial charge >= 0.3 is 0 Å². The average Bonchev–Trinajstić information content (AvgIpc) is 3.03. The SMILES string of the molecule is CCn1c(SCC(=O)Nc2cccc(C)c2)nnc1-c1ccccc1C. The average molecular weight is 366 g/mol. The van der Waals surface area contributed by atoms with Crippen molar-refractivity contribution in [1.29, 1.82) is 0 Å². The van der Waals surface area contributed by atoms with Gasteiger partial charge in [0, 0.05) is 17.8 Å². The first-order valence-electron chi connectivity index (χ1n) is 8.57. The molecule has 0 saturated heterocycles. The summed E-state index contributed by atoms with van der Waals surface area (Å²) in [5.41, 5.74) is 4.15. The van der Waals surface area contributed by atoms with Crippen molar-refractivity contribution in [3.63, 3.8) is 0 Å². The lowest BCUT2D eigenvalue weighted by atomic mass is 10.1. The van der Waals surface area contributed by atoms with Crippen LogP contribution in [0.4, 0.5) is 5.69 Å². The lowest BCUT2D eigenvalue weighted by molar-refractivity contribution is -0.113. The smallest absolute Gasteiger partial charge is 0.234 e. The molecule has 0 aliphatic heterocycles. The number of aryl methyl sites for hydroxylation is 2. The van der Waals surface area contributed by atoms with Gasteiger partial charge in [-0.1, -0.05) is 48.2 Å². The van der Waals surface area contributed by atoms with Crippen LogP contribution in [0.5, 0.6) is 0 Å². The van der Waals surface area contributed by atoms with Crippen LogP contribution in [0, 0.1) is 13.8 Å². The van der Waals surface area contributed by atoms with Gasteiger partial charge in [0.2, 0.25) is 5.91 Å². The van der Waals surface area contributed by atoms with Crippen molar-refractivity contribution >= 4 is 23.4 Å². The van der Waals surface area contributed by atoms with Gasteiger partial charge in [-0.2, -0.15) is 0 Å². The van der Waals surface area contributed by atoms with E-state index in [-0.39, 0.29) is 5.91 Å². The molecule has 1 amide bonds. The predicted molar refractivity (Wildman–Crippen MR) is 106 cm³/mol. The molecule has 134 valence electrons. The Bertz CT molecular complexity index is 920. The number of thioether (sulfide) groups is 1. The summed E-state index contributed by atoms with van der Waals surface area (Å²) >= 11 is 1.40. The van der Waals surface area contributed by atoms with E-state index in [1.807, 2.05) is 54.0 Å². The molecule has 3 rings (SSSR count). The van der Waals surface area contributed by atoms with Crippen molar-refractivity contribution in [1.82, 2.24) is 14.8 Å². The molecule has 3 aromatic rings. The summed E-state index contributed by atoms with van der Waals surface area (Å²) in [6.45, 7) is 6.87. The number of aromatic nitrogens is 3. The van der Waals surface area contributed by atoms with E-state index in [1.165, 1.54) is 11.8 Å². The highest BCUT2D eigenvalue weighted by molar-refractivity contribution is 7.99. The van der Waals surface area contributed by atoms with Gasteiger partial charge in [-0.3, -0.25) is 4.79 Å². The summed E-state index contributed by atoms with van der Waals surface area (Å²) in [4.78, 5) is 12.2. The maximum Gasteiger partial charge on any atom is 0.234 e. The quantitative estimate of drug-likeness (QED) is 0.660. The van der Waals surface area contributed by atoms with Crippen molar-refractivity contribution in [2.24, 2.45) is 0 Å². The molecule has 2 aromatic carbocycles. The van der Waals surface area contributed by atoms with Gasteiger partial charge in [-0.05, 0) is 44.0 Å². The van der Waals surface area contributed by atoms with E-state index in [9.17, 15) is 4.79 Å². The zero-order valence-electron chi connectivity index (χ0n) is 15.2. The van der Waals surface area contributed by atoms with E-state index in [0.29, 0.717) is 5.75 Å². The molecule has 1 heterocycles. The van der Waals surface area contributed by atoms with Crippen molar-refractivity contribution in [3.8, 4) is 11.4 Å². The molecule has 0 radical (unpaired) electrons. The molecule has 0 saturated carbocycles. The van der Waals surface area contributed by atoms with E-state index < -0.39 is 0 Å². The second kappa shape index (κ2) is 8.19. The maximum absolute atomic E-state index is 12.2. The van der Waals surface area contributed by atoms with Gasteiger partial charge < -0.3 is 9.88 Å². The fraction of sp³-hybridized carbons (Fsp3) is 0.250. The molecule has 0 aliphatic rings. The standard InChI is InChI=1S/C20H22N4OS/c1-4-24-19(17-11-6-5-9-15(17)3)22-23-20(24)26-13-18(25)21-16-10-7-8-14(2)12-16/h5-12H,4,13H2,1-3H3,(H,21,25). The van der Waals surface area contributed by atoms with Crippen LogP contribution in [-0.2, 0) is 11.3 Å². The van der Waals surface area contributed by atoms with E-state index in [0.717, 1.165) is 39.9 Å². The lowest BCUT2D eigenvalue weighted by Gasteiger charge is -2.09. The van der Waals surface area contributed by atoms with E-state index >= 15 is 0 Å². The Balaban J connectivity index is 1.71. The molecule has 0 spiro atoms. The van der Waals surface area contributed by atoms with E-state index in [4.69, 9.17) is 0 Å². The molecule has 0 unspecified atom stereocenters. The van der Waals surface area contributed by atoms with Gasteiger partial charge in [0.1, 0.15) is 0 Å². The number of benzene rings is 2.